The average molecular weight is 156 g/mol. The molecule has 0 amide bonds. The molecule has 0 spiro atoms. The number of aryl methyl sites for hydroxylation is 1. The van der Waals surface area contributed by atoms with Gasteiger partial charge in [-0.15, -0.1) is 0 Å². The molecule has 11 heavy (non-hydrogen) atoms. The first kappa shape index (κ1) is 11.2. The van der Waals surface area contributed by atoms with Crippen LogP contribution < -0.4 is 29.6 Å². The van der Waals surface area contributed by atoms with Crippen molar-refractivity contribution in [3.63, 3.8) is 0 Å². The summed E-state index contributed by atoms with van der Waals surface area (Å²) in [7, 11) is 0. The molecule has 0 atom stereocenters. The minimum Gasteiger partial charge on any atom is -0.184 e. The molecule has 0 saturated heterocycles. The molecule has 0 N–H and O–H groups in total. The van der Waals surface area contributed by atoms with Gasteiger partial charge in [0.15, 0.2) is 0 Å². The Labute approximate surface area is 91.3 Å². The van der Waals surface area contributed by atoms with Gasteiger partial charge in [0.25, 0.3) is 0 Å². The Balaban J connectivity index is 0.000001000. The fraction of sp³-hybridized carbons (Fsp3) is 0.400. The molecular formula is C10H13Na. The number of benzene rings is 1. The Hall–Kier alpha value is 0.220. The topological polar surface area (TPSA) is 0 Å². The van der Waals surface area contributed by atoms with Crippen LogP contribution >= 0.6 is 0 Å². The molecule has 0 heterocycles. The summed E-state index contributed by atoms with van der Waals surface area (Å²) in [6.07, 6.45) is 3.79. The smallest absolute Gasteiger partial charge is 0.184 e. The summed E-state index contributed by atoms with van der Waals surface area (Å²) in [6.45, 7) is 2.22. The van der Waals surface area contributed by atoms with E-state index < -0.39 is 0 Å². The second-order valence-corrected chi connectivity index (χ2v) is 2.51. The van der Waals surface area contributed by atoms with Gasteiger partial charge in [-0.2, -0.15) is 35.9 Å². The monoisotopic (exact) mass is 156 g/mol. The largest absolute Gasteiger partial charge is 1.00 e. The predicted octanol–water partition coefficient (Wildman–Crippen LogP) is -0.167. The molecule has 0 bridgehead atoms. The van der Waals surface area contributed by atoms with Crippen molar-refractivity contribution in [3.05, 3.63) is 35.9 Å². The number of rotatable bonds is 3. The summed E-state index contributed by atoms with van der Waals surface area (Å²) in [5.74, 6) is 0. The van der Waals surface area contributed by atoms with Crippen molar-refractivity contribution < 1.29 is 29.6 Å². The molecule has 0 aromatic heterocycles. The third-order valence-electron chi connectivity index (χ3n) is 1.61. The molecule has 0 aliphatic carbocycles. The predicted molar refractivity (Wildman–Crippen MR) is 43.9 cm³/mol. The van der Waals surface area contributed by atoms with Crippen molar-refractivity contribution in [2.45, 2.75) is 26.2 Å². The van der Waals surface area contributed by atoms with E-state index in [4.69, 9.17) is 0 Å². The first-order chi connectivity index (χ1) is 4.93. The van der Waals surface area contributed by atoms with Crippen LogP contribution in [0.1, 0.15) is 25.3 Å². The zero-order valence-corrected chi connectivity index (χ0v) is 9.43. The van der Waals surface area contributed by atoms with E-state index in [1.807, 2.05) is 12.1 Å². The molecule has 1 aromatic carbocycles. The molecule has 0 nitrogen and oxygen atoms in total. The number of hydrogen-bond acceptors (Lipinski definition) is 0. The van der Waals surface area contributed by atoms with Crippen molar-refractivity contribution in [2.24, 2.45) is 0 Å². The number of hydrogen-bond donors (Lipinski definition) is 0. The van der Waals surface area contributed by atoms with Crippen LogP contribution in [0.4, 0.5) is 0 Å². The normalized spacial score (nSPS) is 8.82. The maximum atomic E-state index is 3.01. The maximum Gasteiger partial charge on any atom is 1.00 e. The molecule has 0 unspecified atom stereocenters. The molecule has 0 radical (unpaired) electrons. The van der Waals surface area contributed by atoms with Gasteiger partial charge in [0.05, 0.1) is 0 Å². The SMILES string of the molecule is CCCCc1cc[c-]cc1.[Na+]. The van der Waals surface area contributed by atoms with Gasteiger partial charge in [-0.1, -0.05) is 26.2 Å². The van der Waals surface area contributed by atoms with Crippen molar-refractivity contribution >= 4 is 0 Å². The van der Waals surface area contributed by atoms with E-state index in [9.17, 15) is 0 Å². The van der Waals surface area contributed by atoms with E-state index in [0.29, 0.717) is 0 Å². The van der Waals surface area contributed by atoms with Crippen LogP contribution in [0, 0.1) is 6.07 Å². The second-order valence-electron chi connectivity index (χ2n) is 2.51. The third kappa shape index (κ3) is 4.62. The summed E-state index contributed by atoms with van der Waals surface area (Å²) in [5.41, 5.74) is 1.43. The van der Waals surface area contributed by atoms with Crippen LogP contribution in [0.3, 0.4) is 0 Å². The van der Waals surface area contributed by atoms with E-state index in [0.717, 1.165) is 0 Å². The van der Waals surface area contributed by atoms with Crippen molar-refractivity contribution in [2.75, 3.05) is 0 Å². The maximum absolute atomic E-state index is 3.01. The average Bonchev–Trinajstić information content (AvgIpc) is 2.03. The Bertz CT molecular complexity index is 169. The first-order valence-corrected chi connectivity index (χ1v) is 3.88. The summed E-state index contributed by atoms with van der Waals surface area (Å²) < 4.78 is 0. The summed E-state index contributed by atoms with van der Waals surface area (Å²) in [4.78, 5) is 0. The summed E-state index contributed by atoms with van der Waals surface area (Å²) in [6, 6.07) is 11.2. The Morgan fingerprint density at radius 2 is 1.91 bits per heavy atom. The van der Waals surface area contributed by atoms with Gasteiger partial charge in [-0.25, -0.2) is 0 Å². The quantitative estimate of drug-likeness (QED) is 0.421. The van der Waals surface area contributed by atoms with Gasteiger partial charge in [-0.05, 0) is 0 Å². The zero-order chi connectivity index (χ0) is 7.23. The van der Waals surface area contributed by atoms with Crippen LogP contribution in [0.25, 0.3) is 0 Å². The molecule has 0 saturated carbocycles. The first-order valence-electron chi connectivity index (χ1n) is 3.88. The fourth-order valence-electron chi connectivity index (χ4n) is 0.969. The second kappa shape index (κ2) is 6.90. The van der Waals surface area contributed by atoms with Crippen LogP contribution in [0.2, 0.25) is 0 Å². The van der Waals surface area contributed by atoms with Crippen molar-refractivity contribution in [1.29, 1.82) is 0 Å². The van der Waals surface area contributed by atoms with Gasteiger partial charge < -0.3 is 0 Å². The Morgan fingerprint density at radius 3 is 2.45 bits per heavy atom. The van der Waals surface area contributed by atoms with Gasteiger partial charge >= 0.3 is 29.6 Å². The molecule has 0 aliphatic rings. The van der Waals surface area contributed by atoms with E-state index in [-0.39, 0.29) is 29.6 Å². The van der Waals surface area contributed by atoms with E-state index in [2.05, 4.69) is 25.1 Å². The van der Waals surface area contributed by atoms with Crippen LogP contribution in [-0.4, -0.2) is 0 Å². The van der Waals surface area contributed by atoms with E-state index in [1.165, 1.54) is 24.8 Å². The minimum absolute atomic E-state index is 0. The summed E-state index contributed by atoms with van der Waals surface area (Å²) >= 11 is 0. The van der Waals surface area contributed by atoms with E-state index in [1.54, 1.807) is 0 Å². The third-order valence-corrected chi connectivity index (χ3v) is 1.61. The van der Waals surface area contributed by atoms with Gasteiger partial charge in [-0.3, -0.25) is 0 Å². The Kier molecular flexibility index (Phi) is 7.04. The number of unbranched alkanes of at least 4 members (excludes halogenated alkanes) is 1. The van der Waals surface area contributed by atoms with Crippen LogP contribution in [0.5, 0.6) is 0 Å². The standard InChI is InChI=1S/C10H13.Na/c1-2-3-7-10-8-5-4-6-9-10;/h5-6,8-9H,2-3,7H2,1H3;/q-1;+1. The van der Waals surface area contributed by atoms with Crippen LogP contribution in [-0.2, 0) is 6.42 Å². The minimum atomic E-state index is 0. The van der Waals surface area contributed by atoms with Gasteiger partial charge in [0.2, 0.25) is 0 Å². The molecule has 1 rings (SSSR count). The molecule has 1 heteroatoms. The molecule has 1 aromatic rings. The van der Waals surface area contributed by atoms with Crippen molar-refractivity contribution in [1.82, 2.24) is 0 Å². The molecular weight excluding hydrogens is 143 g/mol. The fourth-order valence-corrected chi connectivity index (χ4v) is 0.969. The van der Waals surface area contributed by atoms with Crippen LogP contribution in [0.15, 0.2) is 24.3 Å². The molecule has 0 aliphatic heterocycles. The van der Waals surface area contributed by atoms with Gasteiger partial charge in [0.1, 0.15) is 0 Å². The summed E-state index contributed by atoms with van der Waals surface area (Å²) in [5, 5.41) is 0. The Morgan fingerprint density at radius 1 is 1.27 bits per heavy atom. The zero-order valence-electron chi connectivity index (χ0n) is 7.43. The van der Waals surface area contributed by atoms with E-state index >= 15 is 0 Å². The molecule has 54 valence electrons. The van der Waals surface area contributed by atoms with Crippen molar-refractivity contribution in [3.8, 4) is 0 Å². The van der Waals surface area contributed by atoms with Gasteiger partial charge in [0, 0.05) is 0 Å². The molecule has 0 fully saturated rings.